The Balaban J connectivity index is 2.55. The average Bonchev–Trinajstić information content (AvgIpc) is 2.24. The van der Waals surface area contributed by atoms with Crippen LogP contribution in [0.3, 0.4) is 0 Å². The molecule has 2 rings (SSSR count). The van der Waals surface area contributed by atoms with Crippen molar-refractivity contribution in [3.63, 3.8) is 0 Å². The number of carboxylic acids is 1. The molecule has 1 aromatic carbocycles. The first-order valence-corrected chi connectivity index (χ1v) is 5.73. The minimum atomic E-state index is -0.904. The minimum absolute atomic E-state index is 0.0424. The van der Waals surface area contributed by atoms with Crippen LogP contribution in [-0.2, 0) is 11.2 Å². The molecular formula is C14H14O4. The molecule has 0 fully saturated rings. The third kappa shape index (κ3) is 2.42. The molecule has 2 aromatic rings. The molecule has 0 saturated carbocycles. The van der Waals surface area contributed by atoms with Crippen molar-refractivity contribution in [3.8, 4) is 0 Å². The first kappa shape index (κ1) is 12.4. The van der Waals surface area contributed by atoms with Gasteiger partial charge in [-0.25, -0.2) is 0 Å². The van der Waals surface area contributed by atoms with Gasteiger partial charge in [-0.1, -0.05) is 6.07 Å². The van der Waals surface area contributed by atoms with Crippen LogP contribution in [0, 0.1) is 13.8 Å². The van der Waals surface area contributed by atoms with Gasteiger partial charge < -0.3 is 9.52 Å². The Kier molecular flexibility index (Phi) is 3.19. The van der Waals surface area contributed by atoms with Crippen LogP contribution >= 0.6 is 0 Å². The van der Waals surface area contributed by atoms with E-state index in [0.717, 1.165) is 11.1 Å². The highest BCUT2D eigenvalue weighted by atomic mass is 16.4. The number of aliphatic carboxylic acids is 1. The Bertz CT molecular complexity index is 667. The summed E-state index contributed by atoms with van der Waals surface area (Å²) in [5.74, 6) is -0.488. The molecule has 0 amide bonds. The van der Waals surface area contributed by atoms with Gasteiger partial charge in [-0.05, 0) is 31.0 Å². The summed E-state index contributed by atoms with van der Waals surface area (Å²) < 4.78 is 5.59. The predicted molar refractivity (Wildman–Crippen MR) is 67.9 cm³/mol. The highest BCUT2D eigenvalue weighted by molar-refractivity contribution is 5.81. The summed E-state index contributed by atoms with van der Waals surface area (Å²) in [6, 6.07) is 5.11. The van der Waals surface area contributed by atoms with Gasteiger partial charge in [0.1, 0.15) is 11.3 Å². The lowest BCUT2D eigenvalue weighted by atomic mass is 10.1. The molecule has 1 N–H and O–H groups in total. The summed E-state index contributed by atoms with van der Waals surface area (Å²) in [5.41, 5.74) is 2.30. The lowest BCUT2D eigenvalue weighted by Crippen LogP contribution is -2.06. The number of benzene rings is 1. The van der Waals surface area contributed by atoms with E-state index in [1.165, 1.54) is 6.07 Å². The molecule has 0 aliphatic rings. The standard InChI is InChI=1S/C14H14O4/c1-8-5-9(2)14-11(15)7-10(3-4-13(16)17)18-12(14)6-8/h5-7H,3-4H2,1-2H3,(H,16,17). The molecule has 4 heteroatoms. The van der Waals surface area contributed by atoms with E-state index in [0.29, 0.717) is 16.7 Å². The largest absolute Gasteiger partial charge is 0.481 e. The molecule has 4 nitrogen and oxygen atoms in total. The lowest BCUT2D eigenvalue weighted by molar-refractivity contribution is -0.137. The van der Waals surface area contributed by atoms with Gasteiger partial charge in [0.25, 0.3) is 0 Å². The molecule has 0 unspecified atom stereocenters. The van der Waals surface area contributed by atoms with Crippen molar-refractivity contribution in [2.45, 2.75) is 26.7 Å². The highest BCUT2D eigenvalue weighted by Crippen LogP contribution is 2.19. The zero-order valence-corrected chi connectivity index (χ0v) is 10.3. The van der Waals surface area contributed by atoms with Crippen LogP contribution in [0.15, 0.2) is 27.4 Å². The molecule has 0 aliphatic heterocycles. The molecule has 0 spiro atoms. The van der Waals surface area contributed by atoms with E-state index < -0.39 is 5.97 Å². The molecule has 0 bridgehead atoms. The quantitative estimate of drug-likeness (QED) is 0.903. The molecule has 18 heavy (non-hydrogen) atoms. The number of carboxylic acid groups (broad SMARTS) is 1. The number of aryl methyl sites for hydroxylation is 3. The van der Waals surface area contributed by atoms with E-state index in [2.05, 4.69) is 0 Å². The van der Waals surface area contributed by atoms with Gasteiger partial charge in [0, 0.05) is 12.5 Å². The minimum Gasteiger partial charge on any atom is -0.481 e. The lowest BCUT2D eigenvalue weighted by Gasteiger charge is -2.05. The molecule has 1 aromatic heterocycles. The van der Waals surface area contributed by atoms with Crippen LogP contribution in [0.25, 0.3) is 11.0 Å². The van der Waals surface area contributed by atoms with Gasteiger partial charge in [-0.2, -0.15) is 0 Å². The van der Waals surface area contributed by atoms with Crippen LogP contribution < -0.4 is 5.43 Å². The smallest absolute Gasteiger partial charge is 0.303 e. The maximum atomic E-state index is 12.0. The van der Waals surface area contributed by atoms with Crippen LogP contribution in [0.4, 0.5) is 0 Å². The fourth-order valence-electron chi connectivity index (χ4n) is 2.07. The summed E-state index contributed by atoms with van der Waals surface area (Å²) in [6.45, 7) is 3.79. The van der Waals surface area contributed by atoms with Crippen molar-refractivity contribution in [2.24, 2.45) is 0 Å². The van der Waals surface area contributed by atoms with Crippen LogP contribution in [-0.4, -0.2) is 11.1 Å². The van der Waals surface area contributed by atoms with E-state index >= 15 is 0 Å². The monoisotopic (exact) mass is 246 g/mol. The third-order valence-electron chi connectivity index (χ3n) is 2.81. The number of rotatable bonds is 3. The average molecular weight is 246 g/mol. The fourth-order valence-corrected chi connectivity index (χ4v) is 2.07. The Morgan fingerprint density at radius 1 is 1.28 bits per heavy atom. The van der Waals surface area contributed by atoms with Gasteiger partial charge in [0.15, 0.2) is 5.43 Å². The predicted octanol–water partition coefficient (Wildman–Crippen LogP) is 2.43. The highest BCUT2D eigenvalue weighted by Gasteiger charge is 2.09. The molecular weight excluding hydrogens is 232 g/mol. The maximum Gasteiger partial charge on any atom is 0.303 e. The molecule has 1 heterocycles. The first-order valence-electron chi connectivity index (χ1n) is 5.73. The normalized spacial score (nSPS) is 10.8. The Hall–Kier alpha value is -2.10. The number of carbonyl (C=O) groups is 1. The van der Waals surface area contributed by atoms with Crippen molar-refractivity contribution in [3.05, 3.63) is 45.3 Å². The molecule has 0 atom stereocenters. The van der Waals surface area contributed by atoms with Crippen LogP contribution in [0.1, 0.15) is 23.3 Å². The van der Waals surface area contributed by atoms with E-state index in [4.69, 9.17) is 9.52 Å². The topological polar surface area (TPSA) is 67.5 Å². The summed E-state index contributed by atoms with van der Waals surface area (Å²) in [6.07, 6.45) is 0.187. The van der Waals surface area contributed by atoms with Crippen molar-refractivity contribution < 1.29 is 14.3 Å². The number of hydrogen-bond donors (Lipinski definition) is 1. The second kappa shape index (κ2) is 4.64. The second-order valence-corrected chi connectivity index (χ2v) is 4.43. The van der Waals surface area contributed by atoms with E-state index in [-0.39, 0.29) is 18.3 Å². The first-order chi connectivity index (χ1) is 8.47. The molecule has 0 saturated heterocycles. The summed E-state index contributed by atoms with van der Waals surface area (Å²) in [7, 11) is 0. The Morgan fingerprint density at radius 2 is 2.00 bits per heavy atom. The summed E-state index contributed by atoms with van der Waals surface area (Å²) in [4.78, 5) is 22.5. The van der Waals surface area contributed by atoms with Crippen molar-refractivity contribution in [2.75, 3.05) is 0 Å². The van der Waals surface area contributed by atoms with E-state index in [1.54, 1.807) is 6.07 Å². The number of hydrogen-bond acceptors (Lipinski definition) is 3. The molecule has 0 radical (unpaired) electrons. The second-order valence-electron chi connectivity index (χ2n) is 4.43. The van der Waals surface area contributed by atoms with Crippen molar-refractivity contribution in [1.29, 1.82) is 0 Å². The Labute approximate surface area is 104 Å². The van der Waals surface area contributed by atoms with Gasteiger partial charge in [0.05, 0.1) is 11.8 Å². The zero-order valence-electron chi connectivity index (χ0n) is 10.3. The van der Waals surface area contributed by atoms with Gasteiger partial charge in [0.2, 0.25) is 0 Å². The van der Waals surface area contributed by atoms with Crippen molar-refractivity contribution >= 4 is 16.9 Å². The van der Waals surface area contributed by atoms with E-state index in [1.807, 2.05) is 19.9 Å². The Morgan fingerprint density at radius 3 is 2.67 bits per heavy atom. The van der Waals surface area contributed by atoms with Crippen LogP contribution in [0.5, 0.6) is 0 Å². The fraction of sp³-hybridized carbons (Fsp3) is 0.286. The van der Waals surface area contributed by atoms with E-state index in [9.17, 15) is 9.59 Å². The summed E-state index contributed by atoms with van der Waals surface area (Å²) >= 11 is 0. The zero-order chi connectivity index (χ0) is 13.3. The van der Waals surface area contributed by atoms with Gasteiger partial charge in [-0.3, -0.25) is 9.59 Å². The van der Waals surface area contributed by atoms with Crippen molar-refractivity contribution in [1.82, 2.24) is 0 Å². The van der Waals surface area contributed by atoms with Crippen LogP contribution in [0.2, 0.25) is 0 Å². The maximum absolute atomic E-state index is 12.0. The number of fused-ring (bicyclic) bond motifs is 1. The third-order valence-corrected chi connectivity index (χ3v) is 2.81. The van der Waals surface area contributed by atoms with Gasteiger partial charge in [-0.15, -0.1) is 0 Å². The van der Waals surface area contributed by atoms with Gasteiger partial charge >= 0.3 is 5.97 Å². The molecule has 94 valence electrons. The molecule has 0 aliphatic carbocycles. The summed E-state index contributed by atoms with van der Waals surface area (Å²) in [5, 5.41) is 9.19. The SMILES string of the molecule is Cc1cc(C)c2c(=O)cc(CCC(=O)O)oc2c1.